The van der Waals surface area contributed by atoms with Gasteiger partial charge in [0.1, 0.15) is 0 Å². The molecule has 2 rings (SSSR count). The quantitative estimate of drug-likeness (QED) is 0.402. The Labute approximate surface area is 123 Å². The van der Waals surface area contributed by atoms with E-state index in [4.69, 9.17) is 0 Å². The molecule has 0 aromatic carbocycles. The second kappa shape index (κ2) is 6.43. The van der Waals surface area contributed by atoms with Crippen LogP contribution < -0.4 is 5.43 Å². The van der Waals surface area contributed by atoms with Crippen LogP contribution in [0.3, 0.4) is 0 Å². The number of nitro groups is 1. The Morgan fingerprint density at radius 1 is 1.30 bits per heavy atom. The Balaban J connectivity index is 2.25. The van der Waals surface area contributed by atoms with E-state index in [9.17, 15) is 14.9 Å². The molecule has 1 aliphatic rings. The lowest BCUT2D eigenvalue weighted by Crippen LogP contribution is -2.29. The summed E-state index contributed by atoms with van der Waals surface area (Å²) in [5, 5.41) is 10.8. The van der Waals surface area contributed by atoms with Crippen LogP contribution in [0.2, 0.25) is 0 Å². The van der Waals surface area contributed by atoms with Crippen LogP contribution >= 0.6 is 12.6 Å². The second-order valence-corrected chi connectivity index (χ2v) is 6.01. The van der Waals surface area contributed by atoms with Gasteiger partial charge in [0.15, 0.2) is 0 Å². The molecular weight excluding hydrogens is 276 g/mol. The zero-order valence-electron chi connectivity index (χ0n) is 11.5. The number of pyridine rings is 1. The highest BCUT2D eigenvalue weighted by molar-refractivity contribution is 7.80. The van der Waals surface area contributed by atoms with Crippen LogP contribution in [0.25, 0.3) is 0 Å². The Hall–Kier alpha value is -1.30. The Morgan fingerprint density at radius 3 is 2.50 bits per heavy atom. The Bertz CT molecular complexity index is 533. The van der Waals surface area contributed by atoms with Gasteiger partial charge in [0.05, 0.1) is 11.1 Å². The third-order valence-corrected chi connectivity index (χ3v) is 4.84. The molecule has 1 fully saturated rings. The van der Waals surface area contributed by atoms with Crippen LogP contribution in [0.15, 0.2) is 23.3 Å². The average molecular weight is 296 g/mol. The highest BCUT2D eigenvalue weighted by Crippen LogP contribution is 2.37. The zero-order chi connectivity index (χ0) is 14.6. The molecule has 20 heavy (non-hydrogen) atoms. The third-order valence-electron chi connectivity index (χ3n) is 4.17. The topological polar surface area (TPSA) is 65.1 Å². The minimum Gasteiger partial charge on any atom is -0.347 e. The molecule has 0 N–H and O–H groups in total. The molecule has 1 aromatic rings. The molecule has 6 heteroatoms. The van der Waals surface area contributed by atoms with Crippen molar-refractivity contribution in [3.8, 4) is 0 Å². The molecule has 0 aliphatic heterocycles. The van der Waals surface area contributed by atoms with Crippen LogP contribution in [-0.2, 0) is 6.54 Å². The molecule has 1 saturated carbocycles. The van der Waals surface area contributed by atoms with E-state index >= 15 is 0 Å². The van der Waals surface area contributed by atoms with Crippen LogP contribution in [0.5, 0.6) is 0 Å². The summed E-state index contributed by atoms with van der Waals surface area (Å²) in [7, 11) is 0. The van der Waals surface area contributed by atoms with E-state index in [1.165, 1.54) is 37.9 Å². The van der Waals surface area contributed by atoms with Crippen LogP contribution in [0, 0.1) is 15.5 Å². The zero-order valence-corrected chi connectivity index (χ0v) is 12.3. The van der Waals surface area contributed by atoms with E-state index in [-0.39, 0.29) is 11.1 Å². The van der Waals surface area contributed by atoms with Crippen molar-refractivity contribution in [2.24, 2.45) is 5.41 Å². The summed E-state index contributed by atoms with van der Waals surface area (Å²) in [6, 6.07) is 1.28. The first-order chi connectivity index (χ1) is 9.56. The molecule has 0 spiro atoms. The van der Waals surface area contributed by atoms with Gasteiger partial charge in [-0.1, -0.05) is 25.7 Å². The summed E-state index contributed by atoms with van der Waals surface area (Å²) in [6.45, 7) is 0.692. The molecule has 1 aliphatic carbocycles. The van der Waals surface area contributed by atoms with Crippen LogP contribution in [-0.4, -0.2) is 15.2 Å². The number of hydrogen-bond donors (Lipinski definition) is 1. The summed E-state index contributed by atoms with van der Waals surface area (Å²) in [6.07, 6.45) is 10.1. The number of thiol groups is 1. The minimum atomic E-state index is -0.612. The molecule has 1 heterocycles. The maximum absolute atomic E-state index is 11.4. The maximum atomic E-state index is 11.4. The lowest BCUT2D eigenvalue weighted by molar-refractivity contribution is -0.386. The van der Waals surface area contributed by atoms with Crippen molar-refractivity contribution in [3.63, 3.8) is 0 Å². The predicted molar refractivity (Wildman–Crippen MR) is 81.3 cm³/mol. The highest BCUT2D eigenvalue weighted by atomic mass is 32.1. The molecule has 0 atom stereocenters. The lowest BCUT2D eigenvalue weighted by atomic mass is 9.82. The van der Waals surface area contributed by atoms with Crippen LogP contribution in [0.1, 0.15) is 38.5 Å². The lowest BCUT2D eigenvalue weighted by Gasteiger charge is -2.32. The summed E-state index contributed by atoms with van der Waals surface area (Å²) >= 11 is 4.51. The van der Waals surface area contributed by atoms with Crippen molar-refractivity contribution in [1.82, 2.24) is 4.57 Å². The first kappa shape index (κ1) is 15.1. The van der Waals surface area contributed by atoms with Gasteiger partial charge in [-0.05, 0) is 24.0 Å². The second-order valence-electron chi connectivity index (χ2n) is 5.70. The van der Waals surface area contributed by atoms with Crippen molar-refractivity contribution in [2.45, 2.75) is 45.1 Å². The van der Waals surface area contributed by atoms with Gasteiger partial charge in [0.2, 0.25) is 0 Å². The van der Waals surface area contributed by atoms with E-state index in [1.807, 2.05) is 0 Å². The third kappa shape index (κ3) is 3.42. The van der Waals surface area contributed by atoms with E-state index in [2.05, 4.69) is 12.6 Å². The van der Waals surface area contributed by atoms with Gasteiger partial charge in [-0.3, -0.25) is 14.9 Å². The standard InChI is InChI=1S/C14H20N2O3S/c17-13-5-8-15(9-12(13)16(18)19)10-14(11-20)6-3-1-2-4-7-14/h5,8-9,20H,1-4,6-7,10-11H2. The van der Waals surface area contributed by atoms with Gasteiger partial charge in [-0.15, -0.1) is 0 Å². The van der Waals surface area contributed by atoms with E-state index < -0.39 is 10.4 Å². The van der Waals surface area contributed by atoms with Crippen molar-refractivity contribution in [2.75, 3.05) is 5.75 Å². The van der Waals surface area contributed by atoms with Gasteiger partial charge in [0, 0.05) is 18.8 Å². The van der Waals surface area contributed by atoms with Gasteiger partial charge in [-0.25, -0.2) is 0 Å². The van der Waals surface area contributed by atoms with Crippen LogP contribution in [0.4, 0.5) is 5.69 Å². The summed E-state index contributed by atoms with van der Waals surface area (Å²) in [4.78, 5) is 21.7. The fraction of sp³-hybridized carbons (Fsp3) is 0.643. The first-order valence-corrected chi connectivity index (χ1v) is 7.65. The number of aromatic nitrogens is 1. The summed E-state index contributed by atoms with van der Waals surface area (Å²) < 4.78 is 1.78. The Morgan fingerprint density at radius 2 is 1.95 bits per heavy atom. The smallest absolute Gasteiger partial charge is 0.332 e. The van der Waals surface area contributed by atoms with Gasteiger partial charge < -0.3 is 4.57 Å². The molecular formula is C14H20N2O3S. The maximum Gasteiger partial charge on any atom is 0.332 e. The van der Waals surface area contributed by atoms with Gasteiger partial charge >= 0.3 is 5.69 Å². The summed E-state index contributed by atoms with van der Waals surface area (Å²) in [5.74, 6) is 0.771. The minimum absolute atomic E-state index is 0.0859. The molecule has 0 amide bonds. The largest absolute Gasteiger partial charge is 0.347 e. The molecule has 0 unspecified atom stereocenters. The molecule has 0 radical (unpaired) electrons. The van der Waals surface area contributed by atoms with E-state index in [1.54, 1.807) is 10.8 Å². The Kier molecular flexibility index (Phi) is 4.86. The fourth-order valence-corrected chi connectivity index (χ4v) is 3.40. The predicted octanol–water partition coefficient (Wildman–Crippen LogP) is 3.03. The van der Waals surface area contributed by atoms with Crippen molar-refractivity contribution >= 4 is 18.3 Å². The summed E-state index contributed by atoms with van der Waals surface area (Å²) in [5.41, 5.74) is -0.801. The monoisotopic (exact) mass is 296 g/mol. The highest BCUT2D eigenvalue weighted by Gasteiger charge is 2.30. The molecule has 110 valence electrons. The normalized spacial score (nSPS) is 18.4. The van der Waals surface area contributed by atoms with Crippen molar-refractivity contribution in [3.05, 3.63) is 38.8 Å². The van der Waals surface area contributed by atoms with Crippen molar-refractivity contribution < 1.29 is 4.92 Å². The SMILES string of the molecule is O=c1ccn(CC2(CS)CCCCCC2)cc1[N+](=O)[O-]. The molecule has 5 nitrogen and oxygen atoms in total. The number of rotatable bonds is 4. The van der Waals surface area contributed by atoms with Crippen molar-refractivity contribution in [1.29, 1.82) is 0 Å². The number of hydrogen-bond acceptors (Lipinski definition) is 4. The fourth-order valence-electron chi connectivity index (χ4n) is 2.98. The molecule has 0 saturated heterocycles. The van der Waals surface area contributed by atoms with Gasteiger partial charge in [0.25, 0.3) is 5.43 Å². The number of nitrogens with zero attached hydrogens (tertiary/aromatic N) is 2. The average Bonchev–Trinajstić information content (AvgIpc) is 2.67. The van der Waals surface area contributed by atoms with E-state index in [0.29, 0.717) is 6.54 Å². The molecule has 1 aromatic heterocycles. The van der Waals surface area contributed by atoms with E-state index in [0.717, 1.165) is 18.6 Å². The molecule has 0 bridgehead atoms. The first-order valence-electron chi connectivity index (χ1n) is 7.02. The van der Waals surface area contributed by atoms with Gasteiger partial charge in [-0.2, -0.15) is 12.6 Å².